The number of aromatic nitrogens is 2. The third-order valence-electron chi connectivity index (χ3n) is 4.57. The first kappa shape index (κ1) is 19.5. The van der Waals surface area contributed by atoms with Crippen LogP contribution >= 0.6 is 11.3 Å². The smallest absolute Gasteiger partial charge is 0.286 e. The summed E-state index contributed by atoms with van der Waals surface area (Å²) in [5, 5.41) is 15.2. The van der Waals surface area contributed by atoms with Gasteiger partial charge in [0.25, 0.3) is 11.8 Å². The molecule has 1 heterocycles. The Hall–Kier alpha value is -2.28. The summed E-state index contributed by atoms with van der Waals surface area (Å²) in [5.74, 6) is 0.0775. The molecule has 0 saturated heterocycles. The molecule has 27 heavy (non-hydrogen) atoms. The number of nitrogens with zero attached hydrogens (tertiary/aromatic N) is 2. The van der Waals surface area contributed by atoms with Gasteiger partial charge in [-0.1, -0.05) is 50.5 Å². The van der Waals surface area contributed by atoms with E-state index in [-0.39, 0.29) is 17.9 Å². The van der Waals surface area contributed by atoms with Crippen molar-refractivity contribution in [2.75, 3.05) is 5.32 Å². The Morgan fingerprint density at radius 3 is 2.67 bits per heavy atom. The van der Waals surface area contributed by atoms with E-state index < -0.39 is 0 Å². The second-order valence-corrected chi connectivity index (χ2v) is 8.50. The van der Waals surface area contributed by atoms with Gasteiger partial charge in [0.15, 0.2) is 0 Å². The number of nitrogens with one attached hydrogen (secondary N) is 2. The van der Waals surface area contributed by atoms with E-state index in [1.54, 1.807) is 24.3 Å². The molecule has 1 fully saturated rings. The van der Waals surface area contributed by atoms with Gasteiger partial charge >= 0.3 is 0 Å². The number of hydrogen-bond acceptors (Lipinski definition) is 5. The Labute approximate surface area is 163 Å². The topological polar surface area (TPSA) is 84.0 Å². The van der Waals surface area contributed by atoms with E-state index in [4.69, 9.17) is 0 Å². The monoisotopic (exact) mass is 386 g/mol. The highest BCUT2D eigenvalue weighted by Crippen LogP contribution is 2.19. The summed E-state index contributed by atoms with van der Waals surface area (Å²) in [5.41, 5.74) is 1.13. The summed E-state index contributed by atoms with van der Waals surface area (Å²) in [4.78, 5) is 24.9. The van der Waals surface area contributed by atoms with Gasteiger partial charge in [0, 0.05) is 23.7 Å². The summed E-state index contributed by atoms with van der Waals surface area (Å²) in [6.45, 7) is 4.20. The molecule has 6 nitrogen and oxygen atoms in total. The standard InChI is InChI=1S/C20H26N4O2S/c1-13(2)11-17-23-24-20(27-17)19(26)22-16-10-6-7-14(12-16)18(25)21-15-8-4-3-5-9-15/h6-7,10,12-13,15H,3-5,8-9,11H2,1-2H3,(H,21,25)(H,22,26). The van der Waals surface area contributed by atoms with Crippen LogP contribution in [0.4, 0.5) is 5.69 Å². The van der Waals surface area contributed by atoms with E-state index in [2.05, 4.69) is 34.7 Å². The molecule has 3 rings (SSSR count). The van der Waals surface area contributed by atoms with Crippen LogP contribution in [0.1, 0.15) is 71.1 Å². The van der Waals surface area contributed by atoms with Gasteiger partial charge in [0.2, 0.25) is 5.01 Å². The molecule has 144 valence electrons. The summed E-state index contributed by atoms with van der Waals surface area (Å²) < 4.78 is 0. The van der Waals surface area contributed by atoms with Crippen molar-refractivity contribution < 1.29 is 9.59 Å². The summed E-state index contributed by atoms with van der Waals surface area (Å²) >= 11 is 1.31. The molecule has 2 amide bonds. The fourth-order valence-corrected chi connectivity index (χ4v) is 4.16. The van der Waals surface area contributed by atoms with Gasteiger partial charge < -0.3 is 10.6 Å². The lowest BCUT2D eigenvalue weighted by Crippen LogP contribution is -2.36. The predicted octanol–water partition coefficient (Wildman–Crippen LogP) is 4.05. The van der Waals surface area contributed by atoms with Gasteiger partial charge in [0.05, 0.1) is 0 Å². The minimum atomic E-state index is -0.299. The Morgan fingerprint density at radius 1 is 1.15 bits per heavy atom. The zero-order chi connectivity index (χ0) is 19.2. The molecule has 0 unspecified atom stereocenters. The molecule has 0 atom stereocenters. The van der Waals surface area contributed by atoms with Crippen molar-refractivity contribution in [2.45, 2.75) is 58.4 Å². The predicted molar refractivity (Wildman–Crippen MR) is 107 cm³/mol. The van der Waals surface area contributed by atoms with Crippen molar-refractivity contribution in [3.63, 3.8) is 0 Å². The fraction of sp³-hybridized carbons (Fsp3) is 0.500. The molecule has 0 bridgehead atoms. The quantitative estimate of drug-likeness (QED) is 0.784. The minimum absolute atomic E-state index is 0.0897. The second kappa shape index (κ2) is 9.08. The molecule has 0 radical (unpaired) electrons. The molecule has 7 heteroatoms. The van der Waals surface area contributed by atoms with Crippen LogP contribution < -0.4 is 10.6 Å². The normalized spacial score (nSPS) is 14.9. The second-order valence-electron chi connectivity index (χ2n) is 7.44. The first-order valence-corrected chi connectivity index (χ1v) is 10.4. The van der Waals surface area contributed by atoms with Crippen LogP contribution in [-0.2, 0) is 6.42 Å². The lowest BCUT2D eigenvalue weighted by atomic mass is 9.95. The Bertz CT molecular complexity index is 797. The van der Waals surface area contributed by atoms with Gasteiger partial charge in [-0.05, 0) is 37.0 Å². The van der Waals surface area contributed by atoms with Crippen LogP contribution in [0.25, 0.3) is 0 Å². The molecule has 1 aromatic carbocycles. The van der Waals surface area contributed by atoms with Crippen molar-refractivity contribution in [3.8, 4) is 0 Å². The fourth-order valence-electron chi connectivity index (χ4n) is 3.22. The highest BCUT2D eigenvalue weighted by atomic mass is 32.1. The molecule has 2 N–H and O–H groups in total. The summed E-state index contributed by atoms with van der Waals surface area (Å²) in [6, 6.07) is 7.26. The van der Waals surface area contributed by atoms with E-state index in [9.17, 15) is 9.59 Å². The van der Waals surface area contributed by atoms with Crippen LogP contribution in [0, 0.1) is 5.92 Å². The molecular weight excluding hydrogens is 360 g/mol. The van der Waals surface area contributed by atoms with E-state index >= 15 is 0 Å². The van der Waals surface area contributed by atoms with Gasteiger partial charge in [-0.2, -0.15) is 0 Å². The third kappa shape index (κ3) is 5.60. The van der Waals surface area contributed by atoms with Crippen LogP contribution in [0.2, 0.25) is 0 Å². The number of benzene rings is 1. The first-order valence-electron chi connectivity index (χ1n) is 9.56. The number of rotatable bonds is 6. The molecular formula is C20H26N4O2S. The maximum Gasteiger partial charge on any atom is 0.286 e. The molecule has 2 aromatic rings. The number of carbonyl (C=O) groups excluding carboxylic acids is 2. The molecule has 1 aliphatic carbocycles. The van der Waals surface area contributed by atoms with Crippen molar-refractivity contribution in [1.82, 2.24) is 15.5 Å². The Kier molecular flexibility index (Phi) is 6.55. The van der Waals surface area contributed by atoms with Crippen molar-refractivity contribution >= 4 is 28.8 Å². The lowest BCUT2D eigenvalue weighted by Gasteiger charge is -2.22. The average Bonchev–Trinajstić information content (AvgIpc) is 3.10. The van der Waals surface area contributed by atoms with E-state index in [0.717, 1.165) is 24.3 Å². The highest BCUT2D eigenvalue weighted by Gasteiger charge is 2.18. The van der Waals surface area contributed by atoms with Crippen molar-refractivity contribution in [3.05, 3.63) is 39.8 Å². The molecule has 0 aliphatic heterocycles. The number of anilines is 1. The van der Waals surface area contributed by atoms with Crippen LogP contribution in [0.15, 0.2) is 24.3 Å². The van der Waals surface area contributed by atoms with Gasteiger partial charge in [-0.3, -0.25) is 9.59 Å². The maximum absolute atomic E-state index is 12.5. The maximum atomic E-state index is 12.5. The Morgan fingerprint density at radius 2 is 1.93 bits per heavy atom. The summed E-state index contributed by atoms with van der Waals surface area (Å²) in [7, 11) is 0. The van der Waals surface area contributed by atoms with Crippen LogP contribution in [-0.4, -0.2) is 28.1 Å². The van der Waals surface area contributed by atoms with E-state index in [1.807, 2.05) is 0 Å². The number of amides is 2. The summed E-state index contributed by atoms with van der Waals surface area (Å²) in [6.07, 6.45) is 6.47. The third-order valence-corrected chi connectivity index (χ3v) is 5.51. The van der Waals surface area contributed by atoms with Crippen LogP contribution in [0.5, 0.6) is 0 Å². The van der Waals surface area contributed by atoms with Crippen LogP contribution in [0.3, 0.4) is 0 Å². The van der Waals surface area contributed by atoms with E-state index in [1.165, 1.54) is 30.6 Å². The van der Waals surface area contributed by atoms with E-state index in [0.29, 0.717) is 22.2 Å². The molecule has 1 aromatic heterocycles. The number of hydrogen-bond donors (Lipinski definition) is 2. The largest absolute Gasteiger partial charge is 0.349 e. The van der Waals surface area contributed by atoms with Crippen molar-refractivity contribution in [2.24, 2.45) is 5.92 Å². The molecule has 0 spiro atoms. The van der Waals surface area contributed by atoms with Gasteiger partial charge in [-0.25, -0.2) is 0 Å². The molecule has 1 saturated carbocycles. The zero-order valence-electron chi connectivity index (χ0n) is 15.8. The molecule has 1 aliphatic rings. The first-order chi connectivity index (χ1) is 13.0. The van der Waals surface area contributed by atoms with Gasteiger partial charge in [0.1, 0.15) is 5.01 Å². The number of carbonyl (C=O) groups is 2. The highest BCUT2D eigenvalue weighted by molar-refractivity contribution is 7.13. The van der Waals surface area contributed by atoms with Crippen molar-refractivity contribution in [1.29, 1.82) is 0 Å². The Balaban J connectivity index is 1.62. The minimum Gasteiger partial charge on any atom is -0.349 e. The lowest BCUT2D eigenvalue weighted by molar-refractivity contribution is 0.0926. The SMILES string of the molecule is CC(C)Cc1nnc(C(=O)Nc2cccc(C(=O)NC3CCCCC3)c2)s1. The van der Waals surface area contributed by atoms with Gasteiger partial charge in [-0.15, -0.1) is 10.2 Å². The zero-order valence-corrected chi connectivity index (χ0v) is 16.6. The average molecular weight is 387 g/mol.